The number of likely N-dealkylation sites (N-methyl/N-ethyl adjacent to an activating group) is 1. The molecule has 28 heavy (non-hydrogen) atoms. The van der Waals surface area contributed by atoms with Crippen molar-refractivity contribution in [2.75, 3.05) is 31.8 Å². The molecular weight excluding hydrogens is 390 g/mol. The molecule has 1 N–H and O–H groups in total. The fraction of sp³-hybridized carbons (Fsp3) is 0.211. The average molecular weight is 408 g/mol. The first-order valence-corrected chi connectivity index (χ1v) is 9.34. The number of rotatable bonds is 7. The Labute approximate surface area is 164 Å². The van der Waals surface area contributed by atoms with Crippen LogP contribution in [0.15, 0.2) is 47.4 Å². The lowest BCUT2D eigenvalue weighted by atomic mass is 10.2. The summed E-state index contributed by atoms with van der Waals surface area (Å²) in [6.45, 7) is -1.04. The number of carbonyl (C=O) groups is 3. The fourth-order valence-electron chi connectivity index (χ4n) is 2.24. The van der Waals surface area contributed by atoms with Gasteiger partial charge in [0.1, 0.15) is 17.2 Å². The van der Waals surface area contributed by atoms with Gasteiger partial charge in [-0.2, -0.15) is 0 Å². The Morgan fingerprint density at radius 1 is 1.07 bits per heavy atom. The number of nitrogens with zero attached hydrogens (tertiary/aromatic N) is 1. The SMILES string of the molecule is CSc1ccccc1NC(=O)CN(C)C(=O)COC(=O)c1c(F)cccc1F. The van der Waals surface area contributed by atoms with Crippen LogP contribution in [0.25, 0.3) is 0 Å². The number of thioether (sulfide) groups is 1. The summed E-state index contributed by atoms with van der Waals surface area (Å²) in [7, 11) is 1.35. The molecule has 0 unspecified atom stereocenters. The minimum absolute atomic E-state index is 0.285. The number of amides is 2. The Morgan fingerprint density at radius 3 is 2.36 bits per heavy atom. The van der Waals surface area contributed by atoms with Gasteiger partial charge in [-0.1, -0.05) is 18.2 Å². The Balaban J connectivity index is 1.88. The molecule has 0 heterocycles. The summed E-state index contributed by atoms with van der Waals surface area (Å²) in [6, 6.07) is 10.1. The van der Waals surface area contributed by atoms with E-state index in [4.69, 9.17) is 0 Å². The molecule has 0 bridgehead atoms. The highest BCUT2D eigenvalue weighted by Crippen LogP contribution is 2.24. The molecule has 2 aromatic rings. The molecule has 0 aliphatic heterocycles. The van der Waals surface area contributed by atoms with Crippen molar-refractivity contribution < 1.29 is 27.9 Å². The van der Waals surface area contributed by atoms with Crippen molar-refractivity contribution >= 4 is 35.2 Å². The normalized spacial score (nSPS) is 10.3. The number of nitrogens with one attached hydrogen (secondary N) is 1. The summed E-state index contributed by atoms with van der Waals surface area (Å²) in [6.07, 6.45) is 1.87. The van der Waals surface area contributed by atoms with E-state index >= 15 is 0 Å². The third kappa shape index (κ3) is 5.53. The van der Waals surface area contributed by atoms with Crippen LogP contribution in [-0.4, -0.2) is 49.1 Å². The van der Waals surface area contributed by atoms with E-state index in [9.17, 15) is 23.2 Å². The zero-order valence-corrected chi connectivity index (χ0v) is 16.0. The maximum absolute atomic E-state index is 13.5. The number of halogens is 2. The average Bonchev–Trinajstić information content (AvgIpc) is 2.66. The molecule has 2 amide bonds. The van der Waals surface area contributed by atoms with Crippen LogP contribution in [0.1, 0.15) is 10.4 Å². The van der Waals surface area contributed by atoms with Gasteiger partial charge in [-0.25, -0.2) is 13.6 Å². The second-order valence-electron chi connectivity index (χ2n) is 5.67. The molecule has 2 aromatic carbocycles. The molecule has 0 saturated heterocycles. The summed E-state index contributed by atoms with van der Waals surface area (Å²) in [5.74, 6) is -4.60. The lowest BCUT2D eigenvalue weighted by Crippen LogP contribution is -2.37. The summed E-state index contributed by atoms with van der Waals surface area (Å²) >= 11 is 1.46. The van der Waals surface area contributed by atoms with Gasteiger partial charge in [0.05, 0.1) is 12.2 Å². The largest absolute Gasteiger partial charge is 0.452 e. The van der Waals surface area contributed by atoms with Gasteiger partial charge in [0.15, 0.2) is 6.61 Å². The van der Waals surface area contributed by atoms with Crippen molar-refractivity contribution in [3.8, 4) is 0 Å². The van der Waals surface area contributed by atoms with Crippen LogP contribution in [-0.2, 0) is 14.3 Å². The van der Waals surface area contributed by atoms with E-state index in [0.717, 1.165) is 28.0 Å². The van der Waals surface area contributed by atoms with Gasteiger partial charge in [0.25, 0.3) is 5.91 Å². The maximum Gasteiger partial charge on any atom is 0.344 e. The summed E-state index contributed by atoms with van der Waals surface area (Å²) in [5.41, 5.74) is -0.258. The van der Waals surface area contributed by atoms with Crippen LogP contribution in [0.4, 0.5) is 14.5 Å². The molecule has 0 aromatic heterocycles. The first-order chi connectivity index (χ1) is 13.3. The first kappa shape index (κ1) is 21.4. The van der Waals surface area contributed by atoms with E-state index < -0.39 is 41.6 Å². The molecule has 148 valence electrons. The maximum atomic E-state index is 13.5. The molecular formula is C19H18F2N2O4S. The van der Waals surface area contributed by atoms with Crippen LogP contribution in [0.3, 0.4) is 0 Å². The van der Waals surface area contributed by atoms with Crippen molar-refractivity contribution in [2.45, 2.75) is 4.90 Å². The molecule has 0 aliphatic carbocycles. The predicted molar refractivity (Wildman–Crippen MR) is 101 cm³/mol. The highest BCUT2D eigenvalue weighted by Gasteiger charge is 2.21. The van der Waals surface area contributed by atoms with Gasteiger partial charge in [0, 0.05) is 11.9 Å². The van der Waals surface area contributed by atoms with E-state index in [1.165, 1.54) is 18.8 Å². The number of ether oxygens (including phenoxy) is 1. The number of hydrogen-bond acceptors (Lipinski definition) is 5. The Bertz CT molecular complexity index is 872. The summed E-state index contributed by atoms with van der Waals surface area (Å²) < 4.78 is 31.7. The van der Waals surface area contributed by atoms with Crippen LogP contribution >= 0.6 is 11.8 Å². The minimum Gasteiger partial charge on any atom is -0.452 e. The van der Waals surface area contributed by atoms with Crippen molar-refractivity contribution in [1.82, 2.24) is 4.90 Å². The smallest absolute Gasteiger partial charge is 0.344 e. The first-order valence-electron chi connectivity index (χ1n) is 8.11. The number of para-hydroxylation sites is 1. The van der Waals surface area contributed by atoms with Gasteiger partial charge in [-0.05, 0) is 30.5 Å². The molecule has 0 saturated carbocycles. The third-order valence-corrected chi connectivity index (χ3v) is 4.48. The van der Waals surface area contributed by atoms with Crippen LogP contribution in [0.5, 0.6) is 0 Å². The van der Waals surface area contributed by atoms with Crippen molar-refractivity contribution in [3.63, 3.8) is 0 Å². The van der Waals surface area contributed by atoms with Gasteiger partial charge in [-0.3, -0.25) is 9.59 Å². The monoisotopic (exact) mass is 408 g/mol. The number of esters is 1. The highest BCUT2D eigenvalue weighted by atomic mass is 32.2. The minimum atomic E-state index is -1.30. The van der Waals surface area contributed by atoms with E-state index in [2.05, 4.69) is 10.1 Å². The van der Waals surface area contributed by atoms with Gasteiger partial charge >= 0.3 is 5.97 Å². The number of hydrogen-bond donors (Lipinski definition) is 1. The molecule has 2 rings (SSSR count). The number of benzene rings is 2. The Kier molecular flexibility index (Phi) is 7.51. The third-order valence-electron chi connectivity index (χ3n) is 3.68. The van der Waals surface area contributed by atoms with E-state index in [1.807, 2.05) is 18.4 Å². The predicted octanol–water partition coefficient (Wildman–Crippen LogP) is 2.94. The standard InChI is InChI=1S/C19H18F2N2O4S/c1-23(10-16(24)22-14-8-3-4-9-15(14)28-2)17(25)11-27-19(26)18-12(20)6-5-7-13(18)21/h3-9H,10-11H2,1-2H3,(H,22,24). The second-order valence-corrected chi connectivity index (χ2v) is 6.52. The summed E-state index contributed by atoms with van der Waals surface area (Å²) in [5, 5.41) is 2.69. The quantitative estimate of drug-likeness (QED) is 0.563. The lowest BCUT2D eigenvalue weighted by Gasteiger charge is -2.17. The summed E-state index contributed by atoms with van der Waals surface area (Å²) in [4.78, 5) is 37.9. The highest BCUT2D eigenvalue weighted by molar-refractivity contribution is 7.98. The lowest BCUT2D eigenvalue weighted by molar-refractivity contribution is -0.136. The molecule has 0 fully saturated rings. The Morgan fingerprint density at radius 2 is 1.71 bits per heavy atom. The zero-order chi connectivity index (χ0) is 20.7. The van der Waals surface area contributed by atoms with Crippen molar-refractivity contribution in [3.05, 3.63) is 59.7 Å². The number of carbonyl (C=O) groups excluding carboxylic acids is 3. The molecule has 0 atom stereocenters. The van der Waals surface area contributed by atoms with Crippen LogP contribution in [0, 0.1) is 11.6 Å². The molecule has 0 radical (unpaired) electrons. The fourth-order valence-corrected chi connectivity index (χ4v) is 2.80. The van der Waals surface area contributed by atoms with Gasteiger partial charge in [-0.15, -0.1) is 11.8 Å². The molecule has 6 nitrogen and oxygen atoms in total. The topological polar surface area (TPSA) is 75.7 Å². The van der Waals surface area contributed by atoms with Crippen LogP contribution < -0.4 is 5.32 Å². The molecule has 0 aliphatic rings. The Hall–Kier alpha value is -2.94. The van der Waals surface area contributed by atoms with Crippen LogP contribution in [0.2, 0.25) is 0 Å². The molecule has 9 heteroatoms. The second kappa shape index (κ2) is 9.84. The van der Waals surface area contributed by atoms with Gasteiger partial charge in [0.2, 0.25) is 5.91 Å². The van der Waals surface area contributed by atoms with Crippen molar-refractivity contribution in [2.24, 2.45) is 0 Å². The molecule has 0 spiro atoms. The number of anilines is 1. The zero-order valence-electron chi connectivity index (χ0n) is 15.2. The van der Waals surface area contributed by atoms with Gasteiger partial charge < -0.3 is 15.0 Å². The van der Waals surface area contributed by atoms with Crippen molar-refractivity contribution in [1.29, 1.82) is 0 Å². The van der Waals surface area contributed by atoms with E-state index in [-0.39, 0.29) is 6.54 Å². The van der Waals surface area contributed by atoms with E-state index in [1.54, 1.807) is 12.1 Å². The van der Waals surface area contributed by atoms with E-state index in [0.29, 0.717) is 5.69 Å².